The van der Waals surface area contributed by atoms with Crippen LogP contribution < -0.4 is 10.1 Å². The lowest BCUT2D eigenvalue weighted by Gasteiger charge is -2.13. The average molecular weight is 327 g/mol. The molecule has 2 rings (SSSR count). The molecule has 0 bridgehead atoms. The summed E-state index contributed by atoms with van der Waals surface area (Å²) in [6.45, 7) is 7.47. The first kappa shape index (κ1) is 17.5. The SMILES string of the molecule is Cc1cc(C)c(OCC(=O)Nc2cccc(C(=O)O)c2C)cc1C. The lowest BCUT2D eigenvalue weighted by molar-refractivity contribution is -0.118. The van der Waals surface area contributed by atoms with E-state index in [2.05, 4.69) is 5.32 Å². The van der Waals surface area contributed by atoms with Crippen molar-refractivity contribution in [3.63, 3.8) is 0 Å². The number of nitrogens with one attached hydrogen (secondary N) is 1. The van der Waals surface area contributed by atoms with Crippen LogP contribution in [-0.4, -0.2) is 23.6 Å². The zero-order valence-electron chi connectivity index (χ0n) is 14.3. The van der Waals surface area contributed by atoms with Crippen LogP contribution in [0.1, 0.15) is 32.6 Å². The fourth-order valence-electron chi connectivity index (χ4n) is 2.42. The van der Waals surface area contributed by atoms with Gasteiger partial charge in [-0.1, -0.05) is 12.1 Å². The number of carboxylic acids is 1. The molecule has 2 aromatic rings. The molecule has 0 saturated carbocycles. The van der Waals surface area contributed by atoms with Crippen molar-refractivity contribution < 1.29 is 19.4 Å². The van der Waals surface area contributed by atoms with Gasteiger partial charge in [-0.2, -0.15) is 0 Å². The average Bonchev–Trinajstić information content (AvgIpc) is 2.51. The highest BCUT2D eigenvalue weighted by Gasteiger charge is 2.13. The number of anilines is 1. The largest absolute Gasteiger partial charge is 0.483 e. The molecule has 24 heavy (non-hydrogen) atoms. The van der Waals surface area contributed by atoms with E-state index in [4.69, 9.17) is 9.84 Å². The molecular weight excluding hydrogens is 306 g/mol. The van der Waals surface area contributed by atoms with Gasteiger partial charge in [0, 0.05) is 5.69 Å². The van der Waals surface area contributed by atoms with Gasteiger partial charge in [0.2, 0.25) is 0 Å². The van der Waals surface area contributed by atoms with Crippen molar-refractivity contribution in [2.45, 2.75) is 27.7 Å². The molecule has 0 aliphatic rings. The number of ether oxygens (including phenoxy) is 1. The second-order valence-corrected chi connectivity index (χ2v) is 5.82. The number of amides is 1. The molecule has 126 valence electrons. The summed E-state index contributed by atoms with van der Waals surface area (Å²) < 4.78 is 5.60. The summed E-state index contributed by atoms with van der Waals surface area (Å²) in [4.78, 5) is 23.2. The molecule has 0 fully saturated rings. The van der Waals surface area contributed by atoms with Crippen molar-refractivity contribution in [3.8, 4) is 5.75 Å². The summed E-state index contributed by atoms with van der Waals surface area (Å²) in [6.07, 6.45) is 0. The molecule has 0 spiro atoms. The quantitative estimate of drug-likeness (QED) is 0.879. The molecule has 0 saturated heterocycles. The minimum absolute atomic E-state index is 0.139. The molecule has 0 unspecified atom stereocenters. The number of carbonyl (C=O) groups excluding carboxylic acids is 1. The van der Waals surface area contributed by atoms with Crippen LogP contribution in [0, 0.1) is 27.7 Å². The van der Waals surface area contributed by atoms with Gasteiger partial charge in [-0.25, -0.2) is 4.79 Å². The molecule has 5 heteroatoms. The Balaban J connectivity index is 2.06. The van der Waals surface area contributed by atoms with E-state index in [1.807, 2.05) is 32.9 Å². The highest BCUT2D eigenvalue weighted by molar-refractivity contribution is 5.96. The van der Waals surface area contributed by atoms with Crippen LogP contribution in [0.4, 0.5) is 5.69 Å². The number of aryl methyl sites for hydroxylation is 3. The minimum Gasteiger partial charge on any atom is -0.483 e. The van der Waals surface area contributed by atoms with E-state index in [-0.39, 0.29) is 18.1 Å². The number of hydrogen-bond donors (Lipinski definition) is 2. The molecule has 5 nitrogen and oxygen atoms in total. The maximum absolute atomic E-state index is 12.1. The summed E-state index contributed by atoms with van der Waals surface area (Å²) in [5.41, 5.74) is 4.39. The van der Waals surface area contributed by atoms with E-state index < -0.39 is 5.97 Å². The van der Waals surface area contributed by atoms with Gasteiger partial charge >= 0.3 is 5.97 Å². The maximum Gasteiger partial charge on any atom is 0.336 e. The predicted octanol–water partition coefficient (Wildman–Crippen LogP) is 3.64. The molecule has 0 aliphatic heterocycles. The number of benzene rings is 2. The number of hydrogen-bond acceptors (Lipinski definition) is 3. The number of aromatic carboxylic acids is 1. The van der Waals surface area contributed by atoms with Crippen molar-refractivity contribution in [1.29, 1.82) is 0 Å². The molecule has 0 atom stereocenters. The highest BCUT2D eigenvalue weighted by atomic mass is 16.5. The smallest absolute Gasteiger partial charge is 0.336 e. The van der Waals surface area contributed by atoms with Crippen LogP contribution in [0.2, 0.25) is 0 Å². The standard InChI is InChI=1S/C19H21NO4/c1-11-8-13(3)17(9-12(11)2)24-10-18(21)20-16-7-5-6-15(14(16)4)19(22)23/h5-9H,10H2,1-4H3,(H,20,21)(H,22,23). The first-order valence-corrected chi connectivity index (χ1v) is 7.63. The van der Waals surface area contributed by atoms with Crippen molar-refractivity contribution >= 4 is 17.6 Å². The van der Waals surface area contributed by atoms with E-state index >= 15 is 0 Å². The Bertz CT molecular complexity index is 796. The van der Waals surface area contributed by atoms with Gasteiger partial charge in [0.15, 0.2) is 6.61 Å². The third kappa shape index (κ3) is 3.93. The van der Waals surface area contributed by atoms with Gasteiger partial charge in [-0.05, 0) is 68.1 Å². The Hall–Kier alpha value is -2.82. The van der Waals surface area contributed by atoms with Crippen LogP contribution >= 0.6 is 0 Å². The molecule has 0 heterocycles. The number of rotatable bonds is 5. The first-order valence-electron chi connectivity index (χ1n) is 7.63. The summed E-state index contributed by atoms with van der Waals surface area (Å²) in [7, 11) is 0. The Morgan fingerprint density at radius 1 is 1.04 bits per heavy atom. The summed E-state index contributed by atoms with van der Waals surface area (Å²) in [5, 5.41) is 11.8. The Morgan fingerprint density at radius 3 is 2.38 bits per heavy atom. The van der Waals surface area contributed by atoms with Crippen LogP contribution in [0.3, 0.4) is 0 Å². The van der Waals surface area contributed by atoms with E-state index in [1.165, 1.54) is 11.6 Å². The summed E-state index contributed by atoms with van der Waals surface area (Å²) in [5.74, 6) is -0.687. The van der Waals surface area contributed by atoms with Gasteiger partial charge in [0.05, 0.1) is 5.56 Å². The summed E-state index contributed by atoms with van der Waals surface area (Å²) in [6, 6.07) is 8.70. The van der Waals surface area contributed by atoms with Crippen LogP contribution in [-0.2, 0) is 4.79 Å². The van der Waals surface area contributed by atoms with Crippen LogP contribution in [0.5, 0.6) is 5.75 Å². The third-order valence-electron chi connectivity index (χ3n) is 3.99. The predicted molar refractivity (Wildman–Crippen MR) is 92.9 cm³/mol. The fraction of sp³-hybridized carbons (Fsp3) is 0.263. The van der Waals surface area contributed by atoms with Gasteiger partial charge in [-0.15, -0.1) is 0 Å². The maximum atomic E-state index is 12.1. The third-order valence-corrected chi connectivity index (χ3v) is 3.99. The van der Waals surface area contributed by atoms with Gasteiger partial charge in [0.1, 0.15) is 5.75 Å². The molecule has 0 aromatic heterocycles. The lowest BCUT2D eigenvalue weighted by atomic mass is 10.1. The van der Waals surface area contributed by atoms with Gasteiger partial charge in [-0.3, -0.25) is 4.79 Å². The topological polar surface area (TPSA) is 75.6 Å². The van der Waals surface area contributed by atoms with E-state index in [9.17, 15) is 9.59 Å². The molecule has 0 radical (unpaired) electrons. The van der Waals surface area contributed by atoms with Crippen molar-refractivity contribution in [2.24, 2.45) is 0 Å². The molecule has 0 aliphatic carbocycles. The Labute approximate surface area is 141 Å². The summed E-state index contributed by atoms with van der Waals surface area (Å²) >= 11 is 0. The zero-order chi connectivity index (χ0) is 17.9. The van der Waals surface area contributed by atoms with E-state index in [1.54, 1.807) is 19.1 Å². The van der Waals surface area contributed by atoms with Crippen molar-refractivity contribution in [3.05, 3.63) is 58.1 Å². The molecule has 2 aromatic carbocycles. The normalized spacial score (nSPS) is 10.3. The molecule has 1 amide bonds. The van der Waals surface area contributed by atoms with Crippen molar-refractivity contribution in [2.75, 3.05) is 11.9 Å². The van der Waals surface area contributed by atoms with Crippen LogP contribution in [0.15, 0.2) is 30.3 Å². The van der Waals surface area contributed by atoms with Crippen LogP contribution in [0.25, 0.3) is 0 Å². The first-order chi connectivity index (χ1) is 11.3. The van der Waals surface area contributed by atoms with E-state index in [0.29, 0.717) is 17.0 Å². The molecular formula is C19H21NO4. The minimum atomic E-state index is -1.02. The number of carbonyl (C=O) groups is 2. The monoisotopic (exact) mass is 327 g/mol. The Morgan fingerprint density at radius 2 is 1.71 bits per heavy atom. The Kier molecular flexibility index (Phi) is 5.24. The van der Waals surface area contributed by atoms with Crippen molar-refractivity contribution in [1.82, 2.24) is 0 Å². The lowest BCUT2D eigenvalue weighted by Crippen LogP contribution is -2.21. The fourth-order valence-corrected chi connectivity index (χ4v) is 2.42. The highest BCUT2D eigenvalue weighted by Crippen LogP contribution is 2.23. The zero-order valence-corrected chi connectivity index (χ0v) is 14.3. The molecule has 2 N–H and O–H groups in total. The van der Waals surface area contributed by atoms with Gasteiger partial charge in [0.25, 0.3) is 5.91 Å². The van der Waals surface area contributed by atoms with Gasteiger partial charge < -0.3 is 15.2 Å². The second kappa shape index (κ2) is 7.17. The second-order valence-electron chi connectivity index (χ2n) is 5.82. The van der Waals surface area contributed by atoms with E-state index in [0.717, 1.165) is 11.1 Å². The number of carboxylic acid groups (broad SMARTS) is 1.